The second-order valence-electron chi connectivity index (χ2n) is 5.93. The van der Waals surface area contributed by atoms with Crippen LogP contribution in [0.5, 0.6) is 0 Å². The van der Waals surface area contributed by atoms with Gasteiger partial charge >= 0.3 is 0 Å². The number of rotatable bonds is 1. The van der Waals surface area contributed by atoms with Crippen LogP contribution in [0.2, 0.25) is 0 Å². The molecule has 0 aromatic heterocycles. The largest absolute Gasteiger partial charge is 0.390 e. The molecule has 0 radical (unpaired) electrons. The Morgan fingerprint density at radius 2 is 1.78 bits per heavy atom. The van der Waals surface area contributed by atoms with E-state index in [1.165, 1.54) is 0 Å². The number of aliphatic hydroxyl groups excluding tert-OH is 2. The number of amides is 1. The Hall–Kier alpha value is 0.260. The van der Waals surface area contributed by atoms with Crippen LogP contribution in [0.4, 0.5) is 0 Å². The van der Waals surface area contributed by atoms with Gasteiger partial charge in [0.1, 0.15) is 6.10 Å². The van der Waals surface area contributed by atoms with E-state index < -0.39 is 27.4 Å². The van der Waals surface area contributed by atoms with Crippen molar-refractivity contribution in [3.05, 3.63) is 0 Å². The lowest BCUT2D eigenvalue weighted by Crippen LogP contribution is -2.65. The summed E-state index contributed by atoms with van der Waals surface area (Å²) in [6.45, 7) is 5.53. The van der Waals surface area contributed by atoms with Gasteiger partial charge in [0.15, 0.2) is 0 Å². The molecule has 18 heavy (non-hydrogen) atoms. The molecule has 1 aliphatic rings. The Morgan fingerprint density at radius 1 is 1.28 bits per heavy atom. The van der Waals surface area contributed by atoms with Crippen molar-refractivity contribution >= 4 is 40.7 Å². The van der Waals surface area contributed by atoms with Gasteiger partial charge in [-0.2, -0.15) is 0 Å². The third-order valence-corrected chi connectivity index (χ3v) is 3.80. The first-order chi connectivity index (χ1) is 7.87. The second-order valence-corrected chi connectivity index (χ2v) is 8.21. The lowest BCUT2D eigenvalue weighted by molar-refractivity contribution is -0.132. The average molecular weight is 319 g/mol. The number of aliphatic hydroxyl groups is 2. The third-order valence-electron chi connectivity index (χ3n) is 3.28. The van der Waals surface area contributed by atoms with Crippen LogP contribution in [0.15, 0.2) is 0 Å². The highest BCUT2D eigenvalue weighted by Crippen LogP contribution is 2.41. The minimum Gasteiger partial charge on any atom is -0.390 e. The maximum Gasteiger partial charge on any atom is 0.272 e. The number of halogens is 3. The molecule has 0 saturated heterocycles. The lowest BCUT2D eigenvalue weighted by Gasteiger charge is -2.49. The molecule has 0 aliphatic heterocycles. The van der Waals surface area contributed by atoms with Crippen LogP contribution in [-0.4, -0.2) is 37.7 Å². The van der Waals surface area contributed by atoms with E-state index in [9.17, 15) is 15.0 Å². The molecule has 1 amide bonds. The van der Waals surface area contributed by atoms with E-state index >= 15 is 0 Å². The van der Waals surface area contributed by atoms with Crippen molar-refractivity contribution in [3.63, 3.8) is 0 Å². The van der Waals surface area contributed by atoms with Crippen molar-refractivity contribution in [2.75, 3.05) is 0 Å². The molecule has 0 aromatic rings. The number of hydrogen-bond acceptors (Lipinski definition) is 3. The number of nitrogens with one attached hydrogen (secondary N) is 1. The van der Waals surface area contributed by atoms with Crippen molar-refractivity contribution in [2.24, 2.45) is 5.41 Å². The van der Waals surface area contributed by atoms with E-state index in [1.807, 2.05) is 13.8 Å². The van der Waals surface area contributed by atoms with E-state index in [1.54, 1.807) is 6.92 Å². The summed E-state index contributed by atoms with van der Waals surface area (Å²) in [6.07, 6.45) is -1.09. The summed E-state index contributed by atoms with van der Waals surface area (Å²) in [6, 6.07) is 0. The van der Waals surface area contributed by atoms with Crippen molar-refractivity contribution in [1.82, 2.24) is 5.32 Å². The van der Waals surface area contributed by atoms with E-state index in [0.29, 0.717) is 12.8 Å². The van der Waals surface area contributed by atoms with Gasteiger partial charge in [-0.05, 0) is 25.2 Å². The highest BCUT2D eigenvalue weighted by molar-refractivity contribution is 6.76. The van der Waals surface area contributed by atoms with Gasteiger partial charge in [-0.1, -0.05) is 48.7 Å². The molecule has 1 rings (SSSR count). The molecule has 4 nitrogen and oxygen atoms in total. The van der Waals surface area contributed by atoms with Crippen LogP contribution >= 0.6 is 34.8 Å². The monoisotopic (exact) mass is 317 g/mol. The number of hydrogen-bond donors (Lipinski definition) is 3. The van der Waals surface area contributed by atoms with E-state index in [4.69, 9.17) is 34.8 Å². The molecule has 106 valence electrons. The van der Waals surface area contributed by atoms with Crippen LogP contribution < -0.4 is 5.32 Å². The summed E-state index contributed by atoms with van der Waals surface area (Å²) < 4.78 is -2.09. The zero-order valence-electron chi connectivity index (χ0n) is 10.5. The number of alkyl halides is 3. The second kappa shape index (κ2) is 4.98. The molecule has 0 spiro atoms. The number of carbonyl (C=O) groups excluding carboxylic acids is 1. The summed E-state index contributed by atoms with van der Waals surface area (Å²) in [7, 11) is 0. The molecular weight excluding hydrogens is 300 g/mol. The molecule has 3 N–H and O–H groups in total. The Bertz CT molecular complexity index is 343. The molecule has 3 atom stereocenters. The normalized spacial score (nSPS) is 36.2. The Labute approximate surface area is 122 Å². The maximum absolute atomic E-state index is 11.7. The third kappa shape index (κ3) is 3.64. The zero-order valence-corrected chi connectivity index (χ0v) is 12.8. The van der Waals surface area contributed by atoms with E-state index in [0.717, 1.165) is 0 Å². The Kier molecular flexibility index (Phi) is 4.52. The first-order valence-corrected chi connectivity index (χ1v) is 6.76. The van der Waals surface area contributed by atoms with Crippen LogP contribution in [0.25, 0.3) is 0 Å². The summed E-state index contributed by atoms with van der Waals surface area (Å²) in [4.78, 5) is 11.7. The lowest BCUT2D eigenvalue weighted by atomic mass is 9.66. The van der Waals surface area contributed by atoms with Gasteiger partial charge in [-0.25, -0.2) is 0 Å². The number of carbonyl (C=O) groups is 1. The highest BCUT2D eigenvalue weighted by Gasteiger charge is 2.50. The molecule has 0 unspecified atom stereocenters. The summed E-state index contributed by atoms with van der Waals surface area (Å²) in [5.41, 5.74) is -1.25. The molecule has 1 aliphatic carbocycles. The van der Waals surface area contributed by atoms with Gasteiger partial charge < -0.3 is 15.5 Å². The highest BCUT2D eigenvalue weighted by atomic mass is 35.6. The van der Waals surface area contributed by atoms with Crippen LogP contribution in [0.3, 0.4) is 0 Å². The first-order valence-electron chi connectivity index (χ1n) is 5.63. The Balaban J connectivity index is 2.92. The zero-order chi connectivity index (χ0) is 14.4. The quantitative estimate of drug-likeness (QED) is 0.645. The van der Waals surface area contributed by atoms with Gasteiger partial charge in [0.05, 0.1) is 11.6 Å². The van der Waals surface area contributed by atoms with Gasteiger partial charge in [0, 0.05) is 0 Å². The van der Waals surface area contributed by atoms with Crippen molar-refractivity contribution in [2.45, 2.75) is 55.2 Å². The molecule has 0 bridgehead atoms. The maximum atomic E-state index is 11.7. The van der Waals surface area contributed by atoms with Crippen molar-refractivity contribution in [3.8, 4) is 0 Å². The molecule has 0 aromatic carbocycles. The Morgan fingerprint density at radius 3 is 2.22 bits per heavy atom. The molecule has 1 fully saturated rings. The molecule has 1 saturated carbocycles. The molecule has 7 heteroatoms. The SMILES string of the molecule is CC1(C)C[C@H](O)[C@H](O)[C@@](C)(NC(=O)C(Cl)(Cl)Cl)C1. The predicted molar refractivity (Wildman–Crippen MR) is 71.9 cm³/mol. The van der Waals surface area contributed by atoms with Gasteiger partial charge in [-0.15, -0.1) is 0 Å². The first kappa shape index (κ1) is 16.3. The fourth-order valence-electron chi connectivity index (χ4n) is 2.72. The van der Waals surface area contributed by atoms with Crippen LogP contribution in [0, 0.1) is 5.41 Å². The summed E-state index contributed by atoms with van der Waals surface area (Å²) >= 11 is 16.5. The van der Waals surface area contributed by atoms with Crippen molar-refractivity contribution in [1.29, 1.82) is 0 Å². The van der Waals surface area contributed by atoms with Gasteiger partial charge in [0.25, 0.3) is 9.70 Å². The molecule has 0 heterocycles. The smallest absolute Gasteiger partial charge is 0.272 e. The van der Waals surface area contributed by atoms with Gasteiger partial charge in [-0.3, -0.25) is 4.79 Å². The van der Waals surface area contributed by atoms with E-state index in [-0.39, 0.29) is 5.41 Å². The molecular formula is C11H18Cl3NO3. The minimum absolute atomic E-state index is 0.228. The van der Waals surface area contributed by atoms with E-state index in [2.05, 4.69) is 5.32 Å². The predicted octanol–water partition coefficient (Wildman–Crippen LogP) is 1.77. The fourth-order valence-corrected chi connectivity index (χ4v) is 2.86. The average Bonchev–Trinajstić information content (AvgIpc) is 2.10. The van der Waals surface area contributed by atoms with Crippen LogP contribution in [-0.2, 0) is 4.79 Å². The summed E-state index contributed by atoms with van der Waals surface area (Å²) in [5.74, 6) is -0.807. The summed E-state index contributed by atoms with van der Waals surface area (Å²) in [5, 5.41) is 22.4. The topological polar surface area (TPSA) is 69.6 Å². The standard InChI is InChI=1S/C11H18Cl3NO3/c1-9(2)4-6(16)7(17)10(3,5-9)15-8(18)11(12,13)14/h6-7,16-17H,4-5H2,1-3H3,(H,15,18)/t6-,7-,10-/m0/s1. The fraction of sp³-hybridized carbons (Fsp3) is 0.909. The van der Waals surface area contributed by atoms with Gasteiger partial charge in [0.2, 0.25) is 0 Å². The van der Waals surface area contributed by atoms with Crippen molar-refractivity contribution < 1.29 is 15.0 Å². The van der Waals surface area contributed by atoms with Crippen LogP contribution in [0.1, 0.15) is 33.6 Å². The minimum atomic E-state index is -2.09.